The van der Waals surface area contributed by atoms with Crippen LogP contribution in [0.2, 0.25) is 0 Å². The van der Waals surface area contributed by atoms with E-state index in [1.54, 1.807) is 0 Å². The van der Waals surface area contributed by atoms with Crippen molar-refractivity contribution in [1.29, 1.82) is 0 Å². The summed E-state index contributed by atoms with van der Waals surface area (Å²) in [7, 11) is 1.91. The van der Waals surface area contributed by atoms with E-state index < -0.39 is 0 Å². The highest BCUT2D eigenvalue weighted by molar-refractivity contribution is 6.64. The van der Waals surface area contributed by atoms with Gasteiger partial charge in [-0.1, -0.05) is 0 Å². The van der Waals surface area contributed by atoms with E-state index in [2.05, 4.69) is 29.5 Å². The Morgan fingerprint density at radius 1 is 1.38 bits per heavy atom. The zero-order valence-corrected chi connectivity index (χ0v) is 11.3. The van der Waals surface area contributed by atoms with Crippen LogP contribution in [0.15, 0.2) is 4.99 Å². The molecule has 3 N–H and O–H groups in total. The summed E-state index contributed by atoms with van der Waals surface area (Å²) in [6.45, 7) is 7.49. The maximum absolute atomic E-state index is 8.52. The molecule has 0 saturated heterocycles. The van der Waals surface area contributed by atoms with Gasteiger partial charge in [0.05, 0.1) is 12.9 Å². The lowest BCUT2D eigenvalue weighted by Crippen LogP contribution is -2.35. The SMILES string of the molecule is CC(N=C(Cl)N(C)C(C)C)NCCNCO. The maximum atomic E-state index is 8.52. The van der Waals surface area contributed by atoms with Gasteiger partial charge >= 0.3 is 0 Å². The van der Waals surface area contributed by atoms with E-state index in [1.807, 2.05) is 18.9 Å². The average Bonchev–Trinajstić information content (AvgIpc) is 2.23. The minimum absolute atomic E-state index is 0.00380. The highest BCUT2D eigenvalue weighted by Crippen LogP contribution is 2.01. The first-order chi connectivity index (χ1) is 7.49. The fourth-order valence-corrected chi connectivity index (χ4v) is 1.30. The Balaban J connectivity index is 3.91. The van der Waals surface area contributed by atoms with Gasteiger partial charge in [0.2, 0.25) is 0 Å². The van der Waals surface area contributed by atoms with Crippen LogP contribution >= 0.6 is 11.6 Å². The molecule has 6 heteroatoms. The molecule has 0 fully saturated rings. The zero-order chi connectivity index (χ0) is 12.6. The number of aliphatic hydroxyl groups is 1. The summed E-state index contributed by atoms with van der Waals surface area (Å²) in [6, 6.07) is 0.333. The van der Waals surface area contributed by atoms with Crippen LogP contribution < -0.4 is 10.6 Å². The van der Waals surface area contributed by atoms with Crippen molar-refractivity contribution in [1.82, 2.24) is 15.5 Å². The van der Waals surface area contributed by atoms with Gasteiger partial charge in [-0.15, -0.1) is 0 Å². The lowest BCUT2D eigenvalue weighted by Gasteiger charge is -2.22. The molecule has 0 bridgehead atoms. The Labute approximate surface area is 103 Å². The Morgan fingerprint density at radius 3 is 2.50 bits per heavy atom. The van der Waals surface area contributed by atoms with Gasteiger partial charge in [0.15, 0.2) is 5.29 Å². The summed E-state index contributed by atoms with van der Waals surface area (Å²) < 4.78 is 0. The molecule has 0 aromatic heterocycles. The highest BCUT2D eigenvalue weighted by atomic mass is 35.5. The summed E-state index contributed by atoms with van der Waals surface area (Å²) in [5, 5.41) is 15.0. The van der Waals surface area contributed by atoms with Crippen molar-refractivity contribution < 1.29 is 5.11 Å². The van der Waals surface area contributed by atoms with E-state index in [1.165, 1.54) is 0 Å². The van der Waals surface area contributed by atoms with Gasteiger partial charge in [0.1, 0.15) is 0 Å². The fourth-order valence-electron chi connectivity index (χ4n) is 0.958. The number of rotatable bonds is 7. The molecule has 0 aliphatic heterocycles. The molecule has 0 aliphatic carbocycles. The van der Waals surface area contributed by atoms with Crippen molar-refractivity contribution in [3.63, 3.8) is 0 Å². The lowest BCUT2D eigenvalue weighted by molar-refractivity contribution is 0.260. The smallest absolute Gasteiger partial charge is 0.195 e. The Kier molecular flexibility index (Phi) is 8.56. The van der Waals surface area contributed by atoms with Crippen LogP contribution in [-0.4, -0.2) is 54.4 Å². The van der Waals surface area contributed by atoms with Crippen molar-refractivity contribution in [2.75, 3.05) is 26.9 Å². The number of nitrogens with zero attached hydrogens (tertiary/aromatic N) is 2. The molecule has 0 saturated carbocycles. The minimum Gasteiger partial charge on any atom is -0.381 e. The third-order valence-electron chi connectivity index (χ3n) is 2.22. The van der Waals surface area contributed by atoms with E-state index in [-0.39, 0.29) is 12.9 Å². The van der Waals surface area contributed by atoms with E-state index in [0.717, 1.165) is 6.54 Å². The number of aliphatic imine (C=N–C) groups is 1. The number of hydrogen-bond donors (Lipinski definition) is 3. The van der Waals surface area contributed by atoms with Gasteiger partial charge in [-0.3, -0.25) is 10.6 Å². The molecule has 0 spiro atoms. The van der Waals surface area contributed by atoms with Gasteiger partial charge < -0.3 is 10.0 Å². The first-order valence-electron chi connectivity index (χ1n) is 5.50. The Bertz CT molecular complexity index is 211. The van der Waals surface area contributed by atoms with Gasteiger partial charge in [-0.25, -0.2) is 4.99 Å². The van der Waals surface area contributed by atoms with E-state index in [4.69, 9.17) is 16.7 Å². The van der Waals surface area contributed by atoms with E-state index in [9.17, 15) is 0 Å². The zero-order valence-electron chi connectivity index (χ0n) is 10.5. The van der Waals surface area contributed by atoms with Crippen molar-refractivity contribution in [2.45, 2.75) is 33.0 Å². The van der Waals surface area contributed by atoms with Gasteiger partial charge in [0.25, 0.3) is 0 Å². The first kappa shape index (κ1) is 15.6. The summed E-state index contributed by atoms with van der Waals surface area (Å²) >= 11 is 6.04. The number of aliphatic hydroxyl groups excluding tert-OH is 1. The third-order valence-corrected chi connectivity index (χ3v) is 2.58. The predicted molar refractivity (Wildman–Crippen MR) is 68.7 cm³/mol. The normalized spacial score (nSPS) is 14.3. The van der Waals surface area contributed by atoms with Crippen LogP contribution in [0.4, 0.5) is 0 Å². The fraction of sp³-hybridized carbons (Fsp3) is 0.900. The molecule has 96 valence electrons. The highest BCUT2D eigenvalue weighted by Gasteiger charge is 2.08. The molecule has 0 heterocycles. The Hall–Kier alpha value is -0.360. The second-order valence-electron chi connectivity index (χ2n) is 3.89. The van der Waals surface area contributed by atoms with Crippen molar-refractivity contribution in [3.05, 3.63) is 0 Å². The third kappa shape index (κ3) is 7.00. The molecule has 0 aromatic carbocycles. The lowest BCUT2D eigenvalue weighted by atomic mass is 10.4. The van der Waals surface area contributed by atoms with Crippen LogP contribution in [0.1, 0.15) is 20.8 Å². The van der Waals surface area contributed by atoms with Crippen LogP contribution in [-0.2, 0) is 0 Å². The van der Waals surface area contributed by atoms with Crippen LogP contribution in [0, 0.1) is 0 Å². The molecular weight excluding hydrogens is 228 g/mol. The quantitative estimate of drug-likeness (QED) is 0.201. The van der Waals surface area contributed by atoms with Crippen LogP contribution in [0.25, 0.3) is 0 Å². The largest absolute Gasteiger partial charge is 0.381 e. The molecule has 16 heavy (non-hydrogen) atoms. The summed E-state index contributed by atoms with van der Waals surface area (Å²) in [5.41, 5.74) is 0. The van der Waals surface area contributed by atoms with Crippen molar-refractivity contribution >= 4 is 16.9 Å². The van der Waals surface area contributed by atoms with E-state index in [0.29, 0.717) is 17.9 Å². The number of halogens is 1. The predicted octanol–water partition coefficient (Wildman–Crippen LogP) is 0.396. The van der Waals surface area contributed by atoms with Crippen molar-refractivity contribution in [2.24, 2.45) is 4.99 Å². The van der Waals surface area contributed by atoms with Crippen LogP contribution in [0.3, 0.4) is 0 Å². The number of hydrogen-bond acceptors (Lipinski definition) is 4. The molecule has 0 aliphatic rings. The first-order valence-corrected chi connectivity index (χ1v) is 5.88. The maximum Gasteiger partial charge on any atom is 0.195 e. The molecule has 5 nitrogen and oxygen atoms in total. The molecule has 1 atom stereocenters. The Morgan fingerprint density at radius 2 is 2.00 bits per heavy atom. The van der Waals surface area contributed by atoms with Crippen LogP contribution in [0.5, 0.6) is 0 Å². The second kappa shape index (κ2) is 8.75. The molecular formula is C10H23ClN4O. The van der Waals surface area contributed by atoms with E-state index >= 15 is 0 Å². The van der Waals surface area contributed by atoms with Gasteiger partial charge in [0, 0.05) is 26.2 Å². The van der Waals surface area contributed by atoms with Gasteiger partial charge in [-0.2, -0.15) is 0 Å². The summed E-state index contributed by atoms with van der Waals surface area (Å²) in [6.07, 6.45) is -0.0332. The topological polar surface area (TPSA) is 59.9 Å². The number of nitrogens with one attached hydrogen (secondary N) is 2. The summed E-state index contributed by atoms with van der Waals surface area (Å²) in [4.78, 5) is 6.21. The van der Waals surface area contributed by atoms with Gasteiger partial charge in [-0.05, 0) is 32.4 Å². The monoisotopic (exact) mass is 250 g/mol. The number of amidine groups is 1. The minimum atomic E-state index is -0.0332. The molecule has 0 radical (unpaired) electrons. The standard InChI is InChI=1S/C10H23ClN4O/c1-8(2)15(4)10(11)14-9(3)13-6-5-12-7-16/h8-9,12-13,16H,5-7H2,1-4H3. The summed E-state index contributed by atoms with van der Waals surface area (Å²) in [5.74, 6) is 0. The second-order valence-corrected chi connectivity index (χ2v) is 4.23. The van der Waals surface area contributed by atoms with Crippen molar-refractivity contribution in [3.8, 4) is 0 Å². The molecule has 0 aromatic rings. The molecule has 0 rings (SSSR count). The molecule has 1 unspecified atom stereocenters. The average molecular weight is 251 g/mol. The molecule has 0 amide bonds.